The van der Waals surface area contributed by atoms with Gasteiger partial charge in [0.15, 0.2) is 0 Å². The molecule has 122 valence electrons. The lowest BCUT2D eigenvalue weighted by atomic mass is 10.1. The fourth-order valence-corrected chi connectivity index (χ4v) is 2.24. The average molecular weight is 326 g/mol. The third-order valence-corrected chi connectivity index (χ3v) is 3.32. The molecule has 0 radical (unpaired) electrons. The molecule has 0 spiro atoms. The molecule has 0 atom stereocenters. The third kappa shape index (κ3) is 3.00. The van der Waals surface area contributed by atoms with Crippen LogP contribution in [-0.4, -0.2) is 32.0 Å². The molecular formula is C15H14N6O3. The van der Waals surface area contributed by atoms with Gasteiger partial charge in [-0.15, -0.1) is 5.10 Å². The number of tetrazole rings is 1. The van der Waals surface area contributed by atoms with Crippen molar-refractivity contribution < 1.29 is 14.0 Å². The highest BCUT2D eigenvalue weighted by atomic mass is 16.3. The second kappa shape index (κ2) is 6.32. The van der Waals surface area contributed by atoms with Crippen molar-refractivity contribution in [3.8, 4) is 5.69 Å². The van der Waals surface area contributed by atoms with Crippen molar-refractivity contribution in [1.29, 1.82) is 0 Å². The maximum atomic E-state index is 12.4. The Balaban J connectivity index is 1.74. The van der Waals surface area contributed by atoms with Crippen molar-refractivity contribution in [3.63, 3.8) is 0 Å². The quantitative estimate of drug-likeness (QED) is 0.692. The molecule has 2 N–H and O–H groups in total. The van der Waals surface area contributed by atoms with E-state index in [0.29, 0.717) is 28.3 Å². The predicted molar refractivity (Wildman–Crippen MR) is 82.3 cm³/mol. The van der Waals surface area contributed by atoms with E-state index in [1.807, 2.05) is 0 Å². The number of hydrazine groups is 1. The Bertz CT molecular complexity index is 885. The number of amides is 2. The van der Waals surface area contributed by atoms with E-state index in [4.69, 9.17) is 4.42 Å². The van der Waals surface area contributed by atoms with Crippen LogP contribution in [0.5, 0.6) is 0 Å². The van der Waals surface area contributed by atoms with E-state index in [0.717, 1.165) is 0 Å². The fraction of sp³-hybridized carbons (Fsp3) is 0.133. The molecular weight excluding hydrogens is 312 g/mol. The summed E-state index contributed by atoms with van der Waals surface area (Å²) in [5.74, 6) is 0.145. The normalized spacial score (nSPS) is 10.4. The number of carbonyl (C=O) groups excluding carboxylic acids is 2. The first-order valence-corrected chi connectivity index (χ1v) is 7.06. The number of hydrogen-bond donors (Lipinski definition) is 2. The first-order valence-electron chi connectivity index (χ1n) is 7.06. The highest BCUT2D eigenvalue weighted by Gasteiger charge is 2.17. The Morgan fingerprint density at radius 3 is 2.42 bits per heavy atom. The number of aryl methyl sites for hydroxylation is 2. The van der Waals surface area contributed by atoms with Crippen LogP contribution >= 0.6 is 0 Å². The first-order chi connectivity index (χ1) is 11.6. The van der Waals surface area contributed by atoms with Crippen molar-refractivity contribution in [2.24, 2.45) is 0 Å². The molecule has 0 unspecified atom stereocenters. The van der Waals surface area contributed by atoms with E-state index in [-0.39, 0.29) is 0 Å². The number of para-hydroxylation sites is 1. The Morgan fingerprint density at radius 2 is 1.79 bits per heavy atom. The number of hydrogen-bond acceptors (Lipinski definition) is 6. The number of furan rings is 1. The van der Waals surface area contributed by atoms with E-state index in [1.54, 1.807) is 44.2 Å². The van der Waals surface area contributed by atoms with Gasteiger partial charge in [-0.3, -0.25) is 20.4 Å². The lowest BCUT2D eigenvalue weighted by molar-refractivity contribution is 0.0845. The molecule has 9 heteroatoms. The summed E-state index contributed by atoms with van der Waals surface area (Å²) in [6.07, 6.45) is 1.38. The molecule has 3 rings (SSSR count). The summed E-state index contributed by atoms with van der Waals surface area (Å²) in [7, 11) is 0. The zero-order valence-corrected chi connectivity index (χ0v) is 13.0. The Kier molecular flexibility index (Phi) is 4.06. The molecule has 2 aromatic heterocycles. The summed E-state index contributed by atoms with van der Waals surface area (Å²) in [6, 6.07) is 8.35. The van der Waals surface area contributed by atoms with E-state index in [2.05, 4.69) is 26.4 Å². The second-order valence-corrected chi connectivity index (χ2v) is 5.01. The summed E-state index contributed by atoms with van der Waals surface area (Å²) in [4.78, 5) is 24.5. The van der Waals surface area contributed by atoms with Crippen LogP contribution in [0.2, 0.25) is 0 Å². The smallest absolute Gasteiger partial charge is 0.273 e. The minimum absolute atomic E-state index is 0.310. The molecule has 0 saturated heterocycles. The van der Waals surface area contributed by atoms with Crippen LogP contribution in [0.1, 0.15) is 32.2 Å². The number of carbonyl (C=O) groups is 2. The zero-order valence-electron chi connectivity index (χ0n) is 13.0. The van der Waals surface area contributed by atoms with Gasteiger partial charge >= 0.3 is 0 Å². The summed E-state index contributed by atoms with van der Waals surface area (Å²) < 4.78 is 6.66. The van der Waals surface area contributed by atoms with Gasteiger partial charge in [0.05, 0.1) is 16.8 Å². The molecule has 2 heterocycles. The van der Waals surface area contributed by atoms with Gasteiger partial charge in [-0.05, 0) is 42.5 Å². The van der Waals surface area contributed by atoms with Gasteiger partial charge in [0.1, 0.15) is 17.8 Å². The Labute approximate surface area is 136 Å². The lowest BCUT2D eigenvalue weighted by Crippen LogP contribution is -2.42. The first kappa shape index (κ1) is 15.4. The summed E-state index contributed by atoms with van der Waals surface area (Å²) in [6.45, 7) is 3.42. The van der Waals surface area contributed by atoms with Gasteiger partial charge in [0, 0.05) is 0 Å². The lowest BCUT2D eigenvalue weighted by Gasteiger charge is -2.10. The standard InChI is InChI=1S/C15H14N6O3/c1-9-7-12(10(2)24-9)15(23)18-17-14(22)11-5-3-4-6-13(11)21-8-16-19-20-21/h3-8H,1-2H3,(H,17,22)(H,18,23). The maximum absolute atomic E-state index is 12.4. The second-order valence-electron chi connectivity index (χ2n) is 5.01. The molecule has 2 amide bonds. The molecule has 0 aliphatic heterocycles. The highest BCUT2D eigenvalue weighted by molar-refractivity contribution is 6.01. The van der Waals surface area contributed by atoms with Gasteiger partial charge in [-0.2, -0.15) is 4.68 Å². The molecule has 9 nitrogen and oxygen atoms in total. The van der Waals surface area contributed by atoms with Crippen molar-refractivity contribution in [3.05, 3.63) is 59.3 Å². The number of rotatable bonds is 3. The molecule has 1 aromatic carbocycles. The number of nitrogens with zero attached hydrogens (tertiary/aromatic N) is 4. The van der Waals surface area contributed by atoms with E-state index >= 15 is 0 Å². The maximum Gasteiger partial charge on any atom is 0.273 e. The largest absolute Gasteiger partial charge is 0.466 e. The van der Waals surface area contributed by atoms with Gasteiger partial charge in [0.2, 0.25) is 0 Å². The fourth-order valence-electron chi connectivity index (χ4n) is 2.24. The van der Waals surface area contributed by atoms with Crippen molar-refractivity contribution in [2.75, 3.05) is 0 Å². The molecule has 0 bridgehead atoms. The average Bonchev–Trinajstić information content (AvgIpc) is 3.22. The molecule has 0 aliphatic rings. The van der Waals surface area contributed by atoms with Crippen LogP contribution < -0.4 is 10.9 Å². The Morgan fingerprint density at radius 1 is 1.08 bits per heavy atom. The predicted octanol–water partition coefficient (Wildman–Crippen LogP) is 0.947. The molecule has 0 fully saturated rings. The van der Waals surface area contributed by atoms with E-state index in [9.17, 15) is 9.59 Å². The van der Waals surface area contributed by atoms with E-state index in [1.165, 1.54) is 11.0 Å². The van der Waals surface area contributed by atoms with E-state index < -0.39 is 11.8 Å². The van der Waals surface area contributed by atoms with Gasteiger partial charge in [-0.25, -0.2) is 0 Å². The van der Waals surface area contributed by atoms with Gasteiger partial charge < -0.3 is 4.42 Å². The molecule has 0 aliphatic carbocycles. The van der Waals surface area contributed by atoms with Crippen molar-refractivity contribution in [1.82, 2.24) is 31.1 Å². The van der Waals surface area contributed by atoms with Crippen LogP contribution in [0.25, 0.3) is 5.69 Å². The topological polar surface area (TPSA) is 115 Å². The molecule has 3 aromatic rings. The van der Waals surface area contributed by atoms with Gasteiger partial charge in [-0.1, -0.05) is 12.1 Å². The SMILES string of the molecule is Cc1cc(C(=O)NNC(=O)c2ccccc2-n2cnnn2)c(C)o1. The number of aromatic nitrogens is 4. The monoisotopic (exact) mass is 326 g/mol. The summed E-state index contributed by atoms with van der Waals surface area (Å²) >= 11 is 0. The van der Waals surface area contributed by atoms with Crippen LogP contribution in [0, 0.1) is 13.8 Å². The van der Waals surface area contributed by atoms with Crippen LogP contribution in [-0.2, 0) is 0 Å². The third-order valence-electron chi connectivity index (χ3n) is 3.32. The summed E-state index contributed by atoms with van der Waals surface area (Å²) in [5.41, 5.74) is 5.90. The highest BCUT2D eigenvalue weighted by Crippen LogP contribution is 2.14. The van der Waals surface area contributed by atoms with Crippen LogP contribution in [0.3, 0.4) is 0 Å². The van der Waals surface area contributed by atoms with Crippen LogP contribution in [0.4, 0.5) is 0 Å². The van der Waals surface area contributed by atoms with Gasteiger partial charge in [0.25, 0.3) is 11.8 Å². The van der Waals surface area contributed by atoms with Crippen molar-refractivity contribution in [2.45, 2.75) is 13.8 Å². The minimum Gasteiger partial charge on any atom is -0.466 e. The summed E-state index contributed by atoms with van der Waals surface area (Å²) in [5, 5.41) is 10.9. The zero-order chi connectivity index (χ0) is 17.1. The van der Waals surface area contributed by atoms with Crippen LogP contribution in [0.15, 0.2) is 41.1 Å². The number of benzene rings is 1. The molecule has 24 heavy (non-hydrogen) atoms. The van der Waals surface area contributed by atoms with Crippen molar-refractivity contribution >= 4 is 11.8 Å². The molecule has 0 saturated carbocycles. The Hall–Kier alpha value is -3.49. The minimum atomic E-state index is -0.493. The number of nitrogens with one attached hydrogen (secondary N) is 2.